The minimum atomic E-state index is -3.68. The molecule has 0 aliphatic carbocycles. The number of nitrogens with one attached hydrogen (secondary N) is 1. The van der Waals surface area contributed by atoms with Crippen molar-refractivity contribution >= 4 is 15.9 Å². The Morgan fingerprint density at radius 1 is 1.07 bits per heavy atom. The number of piperidine rings is 1. The molecule has 30 heavy (non-hydrogen) atoms. The van der Waals surface area contributed by atoms with Crippen molar-refractivity contribution in [3.63, 3.8) is 0 Å². The Hall–Kier alpha value is -2.22. The molecule has 0 aromatic heterocycles. The van der Waals surface area contributed by atoms with Crippen LogP contribution in [-0.2, 0) is 27.9 Å². The second-order valence-electron chi connectivity index (χ2n) is 8.13. The largest absolute Gasteiger partial charge is 0.351 e. The maximum absolute atomic E-state index is 12.5. The molecule has 6 nitrogen and oxygen atoms in total. The average Bonchev–Trinajstić information content (AvgIpc) is 2.75. The zero-order valence-electron chi connectivity index (χ0n) is 17.8. The van der Waals surface area contributed by atoms with Gasteiger partial charge < -0.3 is 5.32 Å². The maximum Gasteiger partial charge on any atom is 0.243 e. The average molecular weight is 430 g/mol. The van der Waals surface area contributed by atoms with Gasteiger partial charge in [-0.1, -0.05) is 49.4 Å². The first-order chi connectivity index (χ1) is 14.3. The Balaban J connectivity index is 1.51. The summed E-state index contributed by atoms with van der Waals surface area (Å²) in [6.07, 6.45) is 2.49. The first-order valence-corrected chi connectivity index (χ1v) is 11.9. The summed E-state index contributed by atoms with van der Waals surface area (Å²) in [7, 11) is -2.26. The van der Waals surface area contributed by atoms with Crippen molar-refractivity contribution in [1.29, 1.82) is 0 Å². The number of likely N-dealkylation sites (tertiary alicyclic amines) is 1. The van der Waals surface area contributed by atoms with Crippen molar-refractivity contribution in [1.82, 2.24) is 14.5 Å². The first kappa shape index (κ1) is 22.5. The zero-order valence-corrected chi connectivity index (χ0v) is 18.6. The van der Waals surface area contributed by atoms with Crippen molar-refractivity contribution in [3.8, 4) is 0 Å². The van der Waals surface area contributed by atoms with E-state index in [0.717, 1.165) is 35.4 Å². The third kappa shape index (κ3) is 6.14. The fourth-order valence-electron chi connectivity index (χ4n) is 3.63. The van der Waals surface area contributed by atoms with Crippen LogP contribution < -0.4 is 5.32 Å². The molecule has 2 aromatic carbocycles. The molecule has 0 bridgehead atoms. The summed E-state index contributed by atoms with van der Waals surface area (Å²) in [5, 5.41) is 2.83. The standard InChI is InChI=1S/C23H31N3O3S/c1-19-11-13-26(14-12-19)17-21-8-6-7-20(15-21)16-24-23(27)18-25(2)30(28,29)22-9-4-3-5-10-22/h3-10,15,19H,11-14,16-18H2,1-2H3,(H,24,27). The molecule has 7 heteroatoms. The van der Waals surface area contributed by atoms with Crippen LogP contribution in [0.5, 0.6) is 0 Å². The summed E-state index contributed by atoms with van der Waals surface area (Å²) in [4.78, 5) is 15.0. The fraction of sp³-hybridized carbons (Fsp3) is 0.435. The van der Waals surface area contributed by atoms with Crippen LogP contribution in [0.3, 0.4) is 0 Å². The van der Waals surface area contributed by atoms with Crippen molar-refractivity contribution in [2.45, 2.75) is 37.8 Å². The number of hydrogen-bond donors (Lipinski definition) is 1. The third-order valence-corrected chi connectivity index (χ3v) is 7.40. The molecular weight excluding hydrogens is 398 g/mol. The van der Waals surface area contributed by atoms with Crippen molar-refractivity contribution in [2.75, 3.05) is 26.7 Å². The van der Waals surface area contributed by atoms with Crippen LogP contribution in [0.15, 0.2) is 59.5 Å². The summed E-state index contributed by atoms with van der Waals surface area (Å²) < 4.78 is 26.1. The number of carbonyl (C=O) groups excluding carboxylic acids is 1. The number of nitrogens with zero attached hydrogens (tertiary/aromatic N) is 2. The SMILES string of the molecule is CC1CCN(Cc2cccc(CNC(=O)CN(C)S(=O)(=O)c3ccccc3)c2)CC1. The van der Waals surface area contributed by atoms with Crippen molar-refractivity contribution in [3.05, 3.63) is 65.7 Å². The van der Waals surface area contributed by atoms with E-state index in [0.29, 0.717) is 6.54 Å². The van der Waals surface area contributed by atoms with Crippen LogP contribution in [0.25, 0.3) is 0 Å². The Labute approximate surface area is 179 Å². The quantitative estimate of drug-likeness (QED) is 0.701. The van der Waals surface area contributed by atoms with E-state index in [2.05, 4.69) is 29.3 Å². The molecule has 1 aliphatic heterocycles. The predicted octanol–water partition coefficient (Wildman–Crippen LogP) is 2.86. The molecule has 3 rings (SSSR count). The smallest absolute Gasteiger partial charge is 0.243 e. The van der Waals surface area contributed by atoms with Crippen LogP contribution in [-0.4, -0.2) is 50.2 Å². The van der Waals surface area contributed by atoms with Gasteiger partial charge in [-0.3, -0.25) is 9.69 Å². The second kappa shape index (κ2) is 10.2. The molecule has 1 heterocycles. The summed E-state index contributed by atoms with van der Waals surface area (Å²) in [5.41, 5.74) is 2.25. The molecule has 0 radical (unpaired) electrons. The molecule has 0 atom stereocenters. The van der Waals surface area contributed by atoms with Crippen molar-refractivity contribution in [2.24, 2.45) is 5.92 Å². The number of benzene rings is 2. The van der Waals surface area contributed by atoms with Crippen LogP contribution >= 0.6 is 0 Å². The number of amides is 1. The molecule has 1 amide bonds. The van der Waals surface area contributed by atoms with Crippen molar-refractivity contribution < 1.29 is 13.2 Å². The molecule has 0 spiro atoms. The van der Waals surface area contributed by atoms with E-state index in [1.165, 1.54) is 37.6 Å². The van der Waals surface area contributed by atoms with E-state index in [4.69, 9.17) is 0 Å². The topological polar surface area (TPSA) is 69.7 Å². The number of likely N-dealkylation sites (N-methyl/N-ethyl adjacent to an activating group) is 1. The lowest BCUT2D eigenvalue weighted by atomic mass is 9.98. The third-order valence-electron chi connectivity index (χ3n) is 5.58. The lowest BCUT2D eigenvalue weighted by molar-refractivity contribution is -0.121. The van der Waals surface area contributed by atoms with Crippen LogP contribution in [0, 0.1) is 5.92 Å². The zero-order chi connectivity index (χ0) is 21.6. The molecule has 1 saturated heterocycles. The van der Waals surface area contributed by atoms with E-state index in [1.807, 2.05) is 12.1 Å². The Morgan fingerprint density at radius 3 is 2.43 bits per heavy atom. The number of rotatable bonds is 8. The van der Waals surface area contributed by atoms with E-state index in [9.17, 15) is 13.2 Å². The maximum atomic E-state index is 12.5. The van der Waals surface area contributed by atoms with Crippen LogP contribution in [0.2, 0.25) is 0 Å². The van der Waals surface area contributed by atoms with Crippen LogP contribution in [0.4, 0.5) is 0 Å². The normalized spacial score (nSPS) is 16.0. The second-order valence-corrected chi connectivity index (χ2v) is 10.2. The predicted molar refractivity (Wildman–Crippen MR) is 118 cm³/mol. The molecule has 0 saturated carbocycles. The number of sulfonamides is 1. The Morgan fingerprint density at radius 2 is 1.73 bits per heavy atom. The van der Waals surface area contributed by atoms with Gasteiger partial charge in [0.15, 0.2) is 0 Å². The van der Waals surface area contributed by atoms with E-state index in [-0.39, 0.29) is 17.3 Å². The molecule has 0 unspecified atom stereocenters. The van der Waals surface area contributed by atoms with Crippen LogP contribution in [0.1, 0.15) is 30.9 Å². The first-order valence-electron chi connectivity index (χ1n) is 10.4. The highest BCUT2D eigenvalue weighted by Gasteiger charge is 2.22. The highest BCUT2D eigenvalue weighted by molar-refractivity contribution is 7.89. The number of carbonyl (C=O) groups is 1. The summed E-state index contributed by atoms with van der Waals surface area (Å²) in [6, 6.07) is 16.4. The van der Waals surface area contributed by atoms with Gasteiger partial charge in [-0.2, -0.15) is 4.31 Å². The summed E-state index contributed by atoms with van der Waals surface area (Å²) >= 11 is 0. The molecule has 2 aromatic rings. The van der Waals surface area contributed by atoms with Gasteiger partial charge in [-0.25, -0.2) is 8.42 Å². The van der Waals surface area contributed by atoms with Gasteiger partial charge in [0, 0.05) is 20.1 Å². The Kier molecular flexibility index (Phi) is 7.64. The lowest BCUT2D eigenvalue weighted by Gasteiger charge is -2.30. The molecule has 1 aliphatic rings. The van der Waals surface area contributed by atoms with Gasteiger partial charge in [0.05, 0.1) is 11.4 Å². The van der Waals surface area contributed by atoms with Gasteiger partial charge in [-0.15, -0.1) is 0 Å². The fourth-order valence-corrected chi connectivity index (χ4v) is 4.78. The Bertz CT molecular complexity index is 939. The van der Waals surface area contributed by atoms with E-state index >= 15 is 0 Å². The van der Waals surface area contributed by atoms with E-state index < -0.39 is 10.0 Å². The summed E-state index contributed by atoms with van der Waals surface area (Å²) in [6.45, 7) is 5.65. The molecule has 1 N–H and O–H groups in total. The van der Waals surface area contributed by atoms with Gasteiger partial charge in [-0.05, 0) is 55.1 Å². The molecule has 162 valence electrons. The molecule has 1 fully saturated rings. The highest BCUT2D eigenvalue weighted by Crippen LogP contribution is 2.18. The molecular formula is C23H31N3O3S. The minimum absolute atomic E-state index is 0.181. The highest BCUT2D eigenvalue weighted by atomic mass is 32.2. The lowest BCUT2D eigenvalue weighted by Crippen LogP contribution is -2.38. The van der Waals surface area contributed by atoms with Gasteiger partial charge in [0.2, 0.25) is 15.9 Å². The number of hydrogen-bond acceptors (Lipinski definition) is 4. The summed E-state index contributed by atoms with van der Waals surface area (Å²) in [5.74, 6) is 0.485. The van der Waals surface area contributed by atoms with Gasteiger partial charge in [0.1, 0.15) is 0 Å². The van der Waals surface area contributed by atoms with Gasteiger partial charge >= 0.3 is 0 Å². The van der Waals surface area contributed by atoms with Gasteiger partial charge in [0.25, 0.3) is 0 Å². The van der Waals surface area contributed by atoms with E-state index in [1.54, 1.807) is 18.2 Å². The minimum Gasteiger partial charge on any atom is -0.351 e. The monoisotopic (exact) mass is 429 g/mol.